The summed E-state index contributed by atoms with van der Waals surface area (Å²) >= 11 is 0. The third-order valence-corrected chi connectivity index (χ3v) is 1.24. The Labute approximate surface area is 98.8 Å². The predicted molar refractivity (Wildman–Crippen MR) is 45.0 cm³/mol. The van der Waals surface area contributed by atoms with Gasteiger partial charge in [0.1, 0.15) is 0 Å². The second kappa shape index (κ2) is 7.06. The van der Waals surface area contributed by atoms with Crippen LogP contribution in [0.3, 0.4) is 0 Å². The molecule has 3 nitrogen and oxygen atoms in total. The molecule has 1 rings (SSSR count). The van der Waals surface area contributed by atoms with Gasteiger partial charge in [-0.25, -0.2) is 0 Å². The van der Waals surface area contributed by atoms with Crippen LogP contribution in [0.25, 0.3) is 0 Å². The van der Waals surface area contributed by atoms with E-state index in [1.54, 1.807) is 0 Å². The molecule has 0 saturated heterocycles. The minimum absolute atomic E-state index is 0. The van der Waals surface area contributed by atoms with Crippen molar-refractivity contribution < 1.29 is 44.7 Å². The molecule has 6 N–H and O–H groups in total. The van der Waals surface area contributed by atoms with Crippen molar-refractivity contribution in [3.05, 3.63) is 24.3 Å². The van der Waals surface area contributed by atoms with Gasteiger partial charge in [0, 0.05) is 17.8 Å². The molecule has 0 spiro atoms. The molecule has 0 aliphatic heterocycles. The molecule has 0 radical (unpaired) electrons. The van der Waals surface area contributed by atoms with Crippen molar-refractivity contribution in [1.29, 1.82) is 0 Å². The molecule has 13 heavy (non-hydrogen) atoms. The van der Waals surface area contributed by atoms with E-state index in [4.69, 9.17) is 5.73 Å². The van der Waals surface area contributed by atoms with Crippen LogP contribution >= 0.6 is 0 Å². The van der Waals surface area contributed by atoms with Gasteiger partial charge in [-0.05, 0) is 6.07 Å². The summed E-state index contributed by atoms with van der Waals surface area (Å²) in [5.74, 6) is 0.913. The smallest absolute Gasteiger partial charge is 0.334 e. The summed E-state index contributed by atoms with van der Waals surface area (Å²) in [6.45, 7) is 1.91. The minimum Gasteiger partial charge on any atom is -1.00 e. The highest BCUT2D eigenvalue weighted by Gasteiger charge is 1.97. The monoisotopic (exact) mass is 309 g/mol. The van der Waals surface area contributed by atoms with Crippen LogP contribution in [-0.4, -0.2) is 5.84 Å². The largest absolute Gasteiger partial charge is 1.00 e. The molecule has 0 aliphatic carbocycles. The number of quaternary nitrogens is 1. The molecule has 74 valence electrons. The van der Waals surface area contributed by atoms with Crippen LogP contribution in [0.2, 0.25) is 0 Å². The highest BCUT2D eigenvalue weighted by Crippen LogP contribution is 2.04. The standard InChI is InChI=1S/C8H11N3.2BrH/c1-6(9)11-8-4-2-3-7(10)5-8;;/h2-5H,10H2,1H3,(H2,9,11);2*1H. The zero-order valence-corrected chi connectivity index (χ0v) is 10.5. The van der Waals surface area contributed by atoms with E-state index in [1.165, 1.54) is 0 Å². The van der Waals surface area contributed by atoms with E-state index in [-0.39, 0.29) is 34.0 Å². The van der Waals surface area contributed by atoms with Gasteiger partial charge in [0.2, 0.25) is 5.69 Å². The van der Waals surface area contributed by atoms with Crippen LogP contribution in [0, 0.1) is 0 Å². The number of amidine groups is 1. The van der Waals surface area contributed by atoms with Crippen molar-refractivity contribution in [1.82, 2.24) is 0 Å². The molecule has 0 unspecified atom stereocenters. The van der Waals surface area contributed by atoms with Gasteiger partial charge in [-0.2, -0.15) is 4.99 Å². The van der Waals surface area contributed by atoms with Crippen LogP contribution in [0.5, 0.6) is 0 Å². The molecule has 0 saturated carbocycles. The topological polar surface area (TPSA) is 67.6 Å². The summed E-state index contributed by atoms with van der Waals surface area (Å²) in [6, 6.07) is 7.57. The van der Waals surface area contributed by atoms with Crippen molar-refractivity contribution in [3.8, 4) is 0 Å². The molecule has 0 aliphatic rings. The normalized spacial score (nSPS) is 9.85. The summed E-state index contributed by atoms with van der Waals surface area (Å²) in [4.78, 5) is 3.07. The first-order chi connectivity index (χ1) is 5.18. The second-order valence-electron chi connectivity index (χ2n) is 2.53. The van der Waals surface area contributed by atoms with E-state index >= 15 is 0 Å². The fourth-order valence-electron chi connectivity index (χ4n) is 0.863. The van der Waals surface area contributed by atoms with Crippen molar-refractivity contribution >= 4 is 17.2 Å². The lowest BCUT2D eigenvalue weighted by Crippen LogP contribution is -3.00. The van der Waals surface area contributed by atoms with Crippen LogP contribution in [0.4, 0.5) is 11.4 Å². The minimum atomic E-state index is 0. The van der Waals surface area contributed by atoms with E-state index in [0.29, 0.717) is 0 Å². The maximum Gasteiger partial charge on any atom is 0.334 e. The number of nitrogens with two attached hydrogens (primary N) is 1. The lowest BCUT2D eigenvalue weighted by Gasteiger charge is -1.88. The van der Waals surface area contributed by atoms with Gasteiger partial charge in [-0.1, -0.05) is 6.07 Å². The van der Waals surface area contributed by atoms with Crippen molar-refractivity contribution in [3.63, 3.8) is 0 Å². The molecule has 5 heteroatoms. The number of nitrogen functional groups attached to an aromatic ring is 1. The molecular weight excluding hydrogens is 298 g/mol. The fraction of sp³-hybridized carbons (Fsp3) is 0.125. The van der Waals surface area contributed by atoms with Crippen molar-refractivity contribution in [2.24, 2.45) is 0 Å². The zero-order valence-electron chi connectivity index (χ0n) is 7.35. The van der Waals surface area contributed by atoms with Gasteiger partial charge < -0.3 is 39.7 Å². The third-order valence-electron chi connectivity index (χ3n) is 1.24. The Kier molecular flexibility index (Phi) is 8.20. The lowest BCUT2D eigenvalue weighted by molar-refractivity contribution is -0.424. The Hall–Kier alpha value is -0.390. The summed E-state index contributed by atoms with van der Waals surface area (Å²) in [6.07, 6.45) is 0. The molecule has 1 aromatic rings. The van der Waals surface area contributed by atoms with Gasteiger partial charge in [-0.3, -0.25) is 5.73 Å². The molecule has 0 atom stereocenters. The number of benzene rings is 1. The molecule has 0 aromatic heterocycles. The Balaban J connectivity index is 0. The number of nitrogens with one attached hydrogen (secondary N) is 1. The van der Waals surface area contributed by atoms with E-state index in [0.717, 1.165) is 17.2 Å². The average molecular weight is 311 g/mol. The first-order valence-electron chi connectivity index (χ1n) is 3.46. The van der Waals surface area contributed by atoms with Crippen LogP contribution in [0.1, 0.15) is 6.92 Å². The Bertz CT molecular complexity index is 282. The van der Waals surface area contributed by atoms with Crippen molar-refractivity contribution in [2.45, 2.75) is 6.92 Å². The number of anilines is 1. The predicted octanol–water partition coefficient (Wildman–Crippen LogP) is -7.35. The Morgan fingerprint density at radius 1 is 1.38 bits per heavy atom. The maximum absolute atomic E-state index is 5.56. The quantitative estimate of drug-likeness (QED) is 0.269. The highest BCUT2D eigenvalue weighted by atomic mass is 79.9. The molecule has 0 amide bonds. The van der Waals surface area contributed by atoms with Gasteiger partial charge in [-0.15, -0.1) is 0 Å². The van der Waals surface area contributed by atoms with Crippen molar-refractivity contribution in [2.75, 3.05) is 5.73 Å². The van der Waals surface area contributed by atoms with E-state index in [2.05, 4.69) is 10.7 Å². The highest BCUT2D eigenvalue weighted by molar-refractivity contribution is 5.63. The molecule has 0 bridgehead atoms. The number of rotatable bonds is 1. The number of halogens is 2. The van der Waals surface area contributed by atoms with Crippen LogP contribution in [-0.2, 0) is 0 Å². The molecule has 1 aromatic carbocycles. The summed E-state index contributed by atoms with van der Waals surface area (Å²) < 4.78 is 0. The molecular formula is C8H13Br2N3. The average Bonchev–Trinajstić information content (AvgIpc) is 1.85. The first-order valence-corrected chi connectivity index (χ1v) is 3.46. The van der Waals surface area contributed by atoms with Gasteiger partial charge in [0.15, 0.2) is 0 Å². The van der Waals surface area contributed by atoms with E-state index < -0.39 is 0 Å². The lowest BCUT2D eigenvalue weighted by atomic mass is 10.3. The Morgan fingerprint density at radius 3 is 2.46 bits per heavy atom. The van der Waals surface area contributed by atoms with Gasteiger partial charge >= 0.3 is 5.84 Å². The first kappa shape index (κ1) is 15.1. The maximum atomic E-state index is 5.56. The summed E-state index contributed by atoms with van der Waals surface area (Å²) in [7, 11) is 0. The fourth-order valence-corrected chi connectivity index (χ4v) is 0.863. The zero-order chi connectivity index (χ0) is 8.27. The van der Waals surface area contributed by atoms with E-state index in [1.807, 2.05) is 31.2 Å². The second-order valence-corrected chi connectivity index (χ2v) is 2.53. The van der Waals surface area contributed by atoms with Crippen LogP contribution < -0.4 is 50.4 Å². The molecule has 0 fully saturated rings. The SMILES string of the molecule is CC([NH3+])=[NH+]c1cccc(N)c1.[Br-].[Br-]. The number of hydrogen-bond acceptors (Lipinski definition) is 1. The van der Waals surface area contributed by atoms with Crippen LogP contribution in [0.15, 0.2) is 24.3 Å². The molecule has 0 heterocycles. The summed E-state index contributed by atoms with van der Waals surface area (Å²) in [5.41, 5.74) is 11.0. The Morgan fingerprint density at radius 2 is 2.00 bits per heavy atom. The van der Waals surface area contributed by atoms with Gasteiger partial charge in [0.05, 0.1) is 6.92 Å². The van der Waals surface area contributed by atoms with E-state index in [9.17, 15) is 0 Å². The third kappa shape index (κ3) is 5.79. The summed E-state index contributed by atoms with van der Waals surface area (Å²) in [5, 5.41) is 0. The van der Waals surface area contributed by atoms with Gasteiger partial charge in [0.25, 0.3) is 0 Å². The number of hydrogen-bond donors (Lipinski definition) is 3.